The van der Waals surface area contributed by atoms with E-state index in [1.165, 1.54) is 22.5 Å². The number of nitrogens with zero attached hydrogens (tertiary/aromatic N) is 3. The predicted octanol–water partition coefficient (Wildman–Crippen LogP) is 10.9. The number of terminal acetylenes is 1. The third kappa shape index (κ3) is 7.16. The van der Waals surface area contributed by atoms with Crippen molar-refractivity contribution in [2.24, 2.45) is 5.92 Å². The molecule has 47 heavy (non-hydrogen) atoms. The van der Waals surface area contributed by atoms with E-state index in [1.807, 2.05) is 40.9 Å². The van der Waals surface area contributed by atoms with E-state index in [4.69, 9.17) is 6.42 Å². The van der Waals surface area contributed by atoms with Crippen molar-refractivity contribution in [3.05, 3.63) is 156 Å². The molecule has 1 aliphatic carbocycles. The summed E-state index contributed by atoms with van der Waals surface area (Å²) in [6.45, 7) is 4.34. The third-order valence-corrected chi connectivity index (χ3v) is 10.2. The normalized spacial score (nSPS) is 19.4. The van der Waals surface area contributed by atoms with E-state index in [2.05, 4.69) is 121 Å². The van der Waals surface area contributed by atoms with Crippen LogP contribution in [0.4, 0.5) is 22.7 Å². The van der Waals surface area contributed by atoms with Crippen LogP contribution >= 0.6 is 0 Å². The molecule has 1 aliphatic heterocycles. The molecule has 0 aromatic heterocycles. The van der Waals surface area contributed by atoms with Gasteiger partial charge in [0, 0.05) is 28.7 Å². The van der Waals surface area contributed by atoms with Gasteiger partial charge in [-0.25, -0.2) is 10.7 Å². The van der Waals surface area contributed by atoms with Gasteiger partial charge in [-0.2, -0.15) is 0 Å². The molecule has 0 bridgehead atoms. The van der Waals surface area contributed by atoms with E-state index < -0.39 is 10.7 Å². The molecule has 0 spiro atoms. The number of anilines is 4. The first kappa shape index (κ1) is 31.8. The molecule has 0 saturated carbocycles. The van der Waals surface area contributed by atoms with Gasteiger partial charge in [0.25, 0.3) is 0 Å². The molecule has 0 N–H and O–H groups in total. The molecule has 4 aromatic rings. The van der Waals surface area contributed by atoms with Crippen LogP contribution in [0.5, 0.6) is 0 Å². The van der Waals surface area contributed by atoms with Crippen LogP contribution in [0.2, 0.25) is 0 Å². The Balaban J connectivity index is 1.35. The lowest BCUT2D eigenvalue weighted by Gasteiger charge is -2.40. The number of allylic oxidation sites excluding steroid dienone is 6. The Morgan fingerprint density at radius 3 is 2.36 bits per heavy atom. The van der Waals surface area contributed by atoms with Crippen molar-refractivity contribution in [3.8, 4) is 12.3 Å². The number of para-hydroxylation sites is 2. The number of rotatable bonds is 7. The van der Waals surface area contributed by atoms with E-state index in [0.717, 1.165) is 60.2 Å². The smallest absolute Gasteiger partial charge is 0.0787 e. The Labute approximate surface area is 283 Å². The van der Waals surface area contributed by atoms with Gasteiger partial charge in [0.15, 0.2) is 0 Å². The van der Waals surface area contributed by atoms with Crippen molar-refractivity contribution in [1.29, 1.82) is 4.61 Å². The Morgan fingerprint density at radius 2 is 1.70 bits per heavy atom. The Bertz CT molecular complexity index is 1880. The zero-order valence-electron chi connectivity index (χ0n) is 27.1. The summed E-state index contributed by atoms with van der Waals surface area (Å²) in [7, 11) is -1.16. The maximum atomic E-state index is 11.5. The van der Waals surface area contributed by atoms with Gasteiger partial charge in [-0.1, -0.05) is 85.7 Å². The maximum absolute atomic E-state index is 11.5. The first-order valence-corrected chi connectivity index (χ1v) is 17.6. The molecule has 2 atom stereocenters. The molecule has 0 radical (unpaired) electrons. The minimum Gasteiger partial charge on any atom is -0.407 e. The summed E-state index contributed by atoms with van der Waals surface area (Å²) in [6.07, 6.45) is 20.6. The number of hydrogen-bond donors (Lipinski definition) is 0. The Kier molecular flexibility index (Phi) is 10.2. The van der Waals surface area contributed by atoms with E-state index >= 15 is 0 Å². The molecule has 234 valence electrons. The number of fused-ring (bicyclic) bond motifs is 1. The highest BCUT2D eigenvalue weighted by Gasteiger charge is 2.30. The second-order valence-corrected chi connectivity index (χ2v) is 13.3. The van der Waals surface area contributed by atoms with Crippen LogP contribution in [0.25, 0.3) is 11.1 Å². The molecule has 0 fully saturated rings. The van der Waals surface area contributed by atoms with Crippen LogP contribution in [-0.2, 0) is 17.1 Å². The van der Waals surface area contributed by atoms with Crippen molar-refractivity contribution in [2.75, 3.05) is 9.21 Å². The molecule has 2 aliphatic rings. The Hall–Kier alpha value is -5.12. The maximum Gasteiger partial charge on any atom is 0.0787 e. The Morgan fingerprint density at radius 1 is 1.00 bits per heavy atom. The molecule has 1 unspecified atom stereocenters. The van der Waals surface area contributed by atoms with Crippen LogP contribution in [0.3, 0.4) is 0 Å². The lowest BCUT2D eigenvalue weighted by atomic mass is 9.82. The van der Waals surface area contributed by atoms with E-state index in [-0.39, 0.29) is 6.04 Å². The number of benzene rings is 3. The van der Waals surface area contributed by atoms with Crippen molar-refractivity contribution in [2.45, 2.75) is 52.0 Å². The van der Waals surface area contributed by atoms with Crippen LogP contribution in [0.15, 0.2) is 127 Å². The lowest BCUT2D eigenvalue weighted by Crippen LogP contribution is -2.38. The zero-order chi connectivity index (χ0) is 32.6. The van der Waals surface area contributed by atoms with Crippen molar-refractivity contribution >= 4 is 44.6 Å². The summed E-state index contributed by atoms with van der Waals surface area (Å²) in [6, 6.07) is 39.4. The van der Waals surface area contributed by atoms with Crippen LogP contribution in [-0.4, -0.2) is 6.04 Å². The van der Waals surface area contributed by atoms with Crippen molar-refractivity contribution < 1.29 is 0 Å². The first-order chi connectivity index (χ1) is 23.1. The fraction of sp³-hybridized carbons (Fsp3) is 0.209. The topological polar surface area (TPSA) is 30.3 Å². The highest BCUT2D eigenvalue weighted by Crippen LogP contribution is 2.40. The molecule has 0 amide bonds. The summed E-state index contributed by atoms with van der Waals surface area (Å²) in [4.78, 5) is 2.51. The summed E-state index contributed by atoms with van der Waals surface area (Å²) < 4.78 is 13.5. The molecule has 6 rings (SSSR count). The molecule has 1 heterocycles. The van der Waals surface area contributed by atoms with Crippen LogP contribution < -0.4 is 9.21 Å². The molecule has 4 aromatic carbocycles. The molecular formula is C43H40N3S-. The van der Waals surface area contributed by atoms with E-state index in [9.17, 15) is 4.61 Å². The van der Waals surface area contributed by atoms with Gasteiger partial charge in [-0.15, -0.1) is 17.9 Å². The quantitative estimate of drug-likeness (QED) is 0.116. The molecule has 0 saturated heterocycles. The number of hydrogen-bond acceptors (Lipinski definition) is 4. The standard InChI is InChI=1S/C43H40N3S/c1-4-15-34(16-5-2)35-24-27-41(28-25-35)46-42-29-26-36(31-38(42)17-9-8-14-30-47(46)44)37-23-22-33(3)43(32-37)45(39-18-10-6-11-19-39)40-20-12-7-13-21-40/h1,5-7,10-16,18-21,23-25,27-28,30-31,33,43H,8-9,17,22,32H2,2-3H3/q-1/b16-5-,30-14-,34-15+/t33-,43?/m0/s1. The van der Waals surface area contributed by atoms with Crippen molar-refractivity contribution in [1.82, 2.24) is 0 Å². The van der Waals surface area contributed by atoms with Gasteiger partial charge in [0.1, 0.15) is 0 Å². The lowest BCUT2D eigenvalue weighted by molar-refractivity contribution is 0.446. The largest absolute Gasteiger partial charge is 0.407 e. The van der Waals surface area contributed by atoms with Gasteiger partial charge in [-0.05, 0) is 122 Å². The fourth-order valence-corrected chi connectivity index (χ4v) is 7.66. The van der Waals surface area contributed by atoms with Gasteiger partial charge in [0.05, 0.1) is 5.69 Å². The minimum atomic E-state index is -1.16. The molecule has 3 nitrogen and oxygen atoms in total. The van der Waals surface area contributed by atoms with Gasteiger partial charge >= 0.3 is 0 Å². The van der Waals surface area contributed by atoms with Crippen LogP contribution in [0.1, 0.15) is 56.2 Å². The average Bonchev–Trinajstić information content (AvgIpc) is 3.18. The van der Waals surface area contributed by atoms with Crippen LogP contribution in [0, 0.1) is 35.0 Å². The fourth-order valence-electron chi connectivity index (χ4n) is 6.54. The zero-order valence-corrected chi connectivity index (χ0v) is 28.0. The van der Waals surface area contributed by atoms with Gasteiger partial charge in [-0.3, -0.25) is 0 Å². The molecule has 4 heteroatoms. The van der Waals surface area contributed by atoms with Gasteiger partial charge in [0.2, 0.25) is 0 Å². The number of aryl methyl sites for hydroxylation is 1. The third-order valence-electron chi connectivity index (χ3n) is 8.95. The van der Waals surface area contributed by atoms with E-state index in [1.54, 1.807) is 6.08 Å². The second-order valence-electron chi connectivity index (χ2n) is 12.1. The summed E-state index contributed by atoms with van der Waals surface area (Å²) in [5.41, 5.74) is 9.78. The molecular weight excluding hydrogens is 591 g/mol. The highest BCUT2D eigenvalue weighted by molar-refractivity contribution is 7.88. The SMILES string of the molecule is C#C/C=C(\C=C/C)c1ccc(N2c3c#cc(C4=CC[C@H](C)C(N(c5ccccc5)c5ccccc5)C4)cc3CCC/C=C\[S-]2#N)cc1. The summed E-state index contributed by atoms with van der Waals surface area (Å²) in [5.74, 6) is 3.12. The van der Waals surface area contributed by atoms with E-state index in [0.29, 0.717) is 5.92 Å². The summed E-state index contributed by atoms with van der Waals surface area (Å²) >= 11 is 0. The highest BCUT2D eigenvalue weighted by atomic mass is 32.2. The predicted molar refractivity (Wildman–Crippen MR) is 201 cm³/mol. The summed E-state index contributed by atoms with van der Waals surface area (Å²) in [5, 5.41) is 1.91. The van der Waals surface area contributed by atoms with Crippen molar-refractivity contribution in [3.63, 3.8) is 0 Å². The minimum absolute atomic E-state index is 0.289. The second kappa shape index (κ2) is 15.0. The monoisotopic (exact) mass is 630 g/mol. The van der Waals surface area contributed by atoms with Gasteiger partial charge < -0.3 is 13.8 Å². The first-order valence-electron chi connectivity index (χ1n) is 16.4. The average molecular weight is 631 g/mol.